The van der Waals surface area contributed by atoms with Crippen molar-refractivity contribution in [1.29, 1.82) is 5.26 Å². The Bertz CT molecular complexity index is 433. The van der Waals surface area contributed by atoms with Gasteiger partial charge in [-0.2, -0.15) is 5.26 Å². The van der Waals surface area contributed by atoms with Crippen molar-refractivity contribution in [2.24, 2.45) is 0 Å². The van der Waals surface area contributed by atoms with Gasteiger partial charge >= 0.3 is 0 Å². The average molecular weight is 187 g/mol. The molecule has 4 nitrogen and oxygen atoms in total. The third kappa shape index (κ3) is 1.29. The molecule has 1 aliphatic rings. The highest BCUT2D eigenvalue weighted by Crippen LogP contribution is 2.28. The lowest BCUT2D eigenvalue weighted by Gasteiger charge is -2.27. The van der Waals surface area contributed by atoms with E-state index in [2.05, 4.69) is 5.32 Å². The Balaban J connectivity index is 2.50. The number of rotatable bonds is 0. The third-order valence-electron chi connectivity index (χ3n) is 2.19. The molecule has 1 aromatic rings. The van der Waals surface area contributed by atoms with E-state index >= 15 is 0 Å². The molecule has 0 unspecified atom stereocenters. The van der Waals surface area contributed by atoms with Crippen molar-refractivity contribution >= 4 is 17.3 Å². The minimum absolute atomic E-state index is 0.0462. The van der Waals surface area contributed by atoms with Gasteiger partial charge in [0.15, 0.2) is 0 Å². The van der Waals surface area contributed by atoms with Crippen molar-refractivity contribution in [3.8, 4) is 6.07 Å². The second-order valence-corrected chi connectivity index (χ2v) is 3.25. The minimum Gasteiger partial charge on any atom is -0.364 e. The molecule has 1 heterocycles. The lowest BCUT2D eigenvalue weighted by molar-refractivity contribution is -0.115. The standard InChI is InChI=1S/C10H9N3O/c1-13-6-10(14)12-8-4-7(5-11)2-3-9(8)13/h2-4H,6H2,1H3,(H,12,14). The fraction of sp³-hybridized carbons (Fsp3) is 0.200. The summed E-state index contributed by atoms with van der Waals surface area (Å²) in [5, 5.41) is 11.4. The van der Waals surface area contributed by atoms with Crippen LogP contribution in [0.5, 0.6) is 0 Å². The van der Waals surface area contributed by atoms with Crippen molar-refractivity contribution in [3.63, 3.8) is 0 Å². The second-order valence-electron chi connectivity index (χ2n) is 3.25. The number of hydrogen-bond acceptors (Lipinski definition) is 3. The van der Waals surface area contributed by atoms with Crippen molar-refractivity contribution in [2.45, 2.75) is 0 Å². The first-order valence-electron chi connectivity index (χ1n) is 4.26. The summed E-state index contributed by atoms with van der Waals surface area (Å²) in [5.41, 5.74) is 2.21. The maximum atomic E-state index is 11.2. The molecular weight excluding hydrogens is 178 g/mol. The van der Waals surface area contributed by atoms with Gasteiger partial charge in [0.25, 0.3) is 0 Å². The molecule has 0 radical (unpaired) electrons. The summed E-state index contributed by atoms with van der Waals surface area (Å²) in [5.74, 6) is -0.0462. The van der Waals surface area contributed by atoms with Crippen LogP contribution in [0.3, 0.4) is 0 Å². The fourth-order valence-corrected chi connectivity index (χ4v) is 1.53. The van der Waals surface area contributed by atoms with E-state index in [0.29, 0.717) is 17.8 Å². The zero-order chi connectivity index (χ0) is 10.1. The van der Waals surface area contributed by atoms with Crippen LogP contribution in [0.4, 0.5) is 11.4 Å². The van der Waals surface area contributed by atoms with Gasteiger partial charge in [0.05, 0.1) is 29.6 Å². The molecule has 1 aliphatic heterocycles. The minimum atomic E-state index is -0.0462. The highest BCUT2D eigenvalue weighted by atomic mass is 16.2. The zero-order valence-electron chi connectivity index (χ0n) is 7.74. The van der Waals surface area contributed by atoms with Gasteiger partial charge in [-0.05, 0) is 18.2 Å². The van der Waals surface area contributed by atoms with Crippen molar-refractivity contribution in [3.05, 3.63) is 23.8 Å². The first kappa shape index (κ1) is 8.57. The highest BCUT2D eigenvalue weighted by molar-refractivity contribution is 6.01. The number of benzene rings is 1. The molecular formula is C10H9N3O. The largest absolute Gasteiger partial charge is 0.364 e. The molecule has 0 aliphatic carbocycles. The maximum Gasteiger partial charge on any atom is 0.243 e. The quantitative estimate of drug-likeness (QED) is 0.657. The Kier molecular flexibility index (Phi) is 1.86. The molecule has 1 N–H and O–H groups in total. The van der Waals surface area contributed by atoms with E-state index in [-0.39, 0.29) is 5.91 Å². The Morgan fingerprint density at radius 2 is 2.36 bits per heavy atom. The van der Waals surface area contributed by atoms with E-state index in [1.807, 2.05) is 24.1 Å². The van der Waals surface area contributed by atoms with Crippen LogP contribution in [0.15, 0.2) is 18.2 Å². The monoisotopic (exact) mass is 187 g/mol. The van der Waals surface area contributed by atoms with Crippen LogP contribution in [0.2, 0.25) is 0 Å². The second kappa shape index (κ2) is 3.04. The van der Waals surface area contributed by atoms with E-state index in [1.54, 1.807) is 12.1 Å². The number of nitrogens with zero attached hydrogens (tertiary/aromatic N) is 2. The summed E-state index contributed by atoms with van der Waals surface area (Å²) in [6.45, 7) is 0.360. The number of likely N-dealkylation sites (N-methyl/N-ethyl adjacent to an activating group) is 1. The molecule has 0 saturated carbocycles. The summed E-state index contributed by atoms with van der Waals surface area (Å²) in [6.07, 6.45) is 0. The molecule has 1 aromatic carbocycles. The van der Waals surface area contributed by atoms with Crippen LogP contribution in [0.1, 0.15) is 5.56 Å². The molecule has 70 valence electrons. The first-order chi connectivity index (χ1) is 6.70. The molecule has 1 amide bonds. The third-order valence-corrected chi connectivity index (χ3v) is 2.19. The molecule has 0 spiro atoms. The van der Waals surface area contributed by atoms with Gasteiger partial charge in [-0.25, -0.2) is 0 Å². The molecule has 0 atom stereocenters. The summed E-state index contributed by atoms with van der Waals surface area (Å²) in [7, 11) is 1.85. The normalized spacial score (nSPS) is 14.3. The van der Waals surface area contributed by atoms with Crippen LogP contribution >= 0.6 is 0 Å². The van der Waals surface area contributed by atoms with Crippen molar-refractivity contribution in [2.75, 3.05) is 23.8 Å². The van der Waals surface area contributed by atoms with Gasteiger partial charge in [0, 0.05) is 7.05 Å². The van der Waals surface area contributed by atoms with E-state index in [0.717, 1.165) is 5.69 Å². The number of carbonyl (C=O) groups is 1. The van der Waals surface area contributed by atoms with Crippen LogP contribution in [0, 0.1) is 11.3 Å². The number of nitrogens with one attached hydrogen (secondary N) is 1. The number of carbonyl (C=O) groups excluding carboxylic acids is 1. The van der Waals surface area contributed by atoms with E-state index in [1.165, 1.54) is 0 Å². The molecule has 0 fully saturated rings. The van der Waals surface area contributed by atoms with Gasteiger partial charge in [0.1, 0.15) is 0 Å². The summed E-state index contributed by atoms with van der Waals surface area (Å²) < 4.78 is 0. The smallest absolute Gasteiger partial charge is 0.243 e. The van der Waals surface area contributed by atoms with Crippen LogP contribution in [0.25, 0.3) is 0 Å². The predicted octanol–water partition coefficient (Wildman–Crippen LogP) is 0.947. The van der Waals surface area contributed by atoms with Crippen LogP contribution in [-0.4, -0.2) is 19.5 Å². The highest BCUT2D eigenvalue weighted by Gasteiger charge is 2.18. The molecule has 4 heteroatoms. The number of nitriles is 1. The Morgan fingerprint density at radius 1 is 1.57 bits per heavy atom. The lowest BCUT2D eigenvalue weighted by atomic mass is 10.1. The fourth-order valence-electron chi connectivity index (χ4n) is 1.53. The molecule has 0 bridgehead atoms. The topological polar surface area (TPSA) is 56.1 Å². The van der Waals surface area contributed by atoms with Gasteiger partial charge in [0.2, 0.25) is 5.91 Å². The Morgan fingerprint density at radius 3 is 3.07 bits per heavy atom. The Labute approximate surface area is 81.7 Å². The van der Waals surface area contributed by atoms with E-state index < -0.39 is 0 Å². The lowest BCUT2D eigenvalue weighted by Crippen LogP contribution is -2.35. The summed E-state index contributed by atoms with van der Waals surface area (Å²) in [6, 6.07) is 7.30. The first-order valence-corrected chi connectivity index (χ1v) is 4.26. The molecule has 0 aromatic heterocycles. The Hall–Kier alpha value is -2.02. The van der Waals surface area contributed by atoms with Crippen molar-refractivity contribution in [1.82, 2.24) is 0 Å². The van der Waals surface area contributed by atoms with Gasteiger partial charge in [-0.15, -0.1) is 0 Å². The van der Waals surface area contributed by atoms with E-state index in [9.17, 15) is 4.79 Å². The summed E-state index contributed by atoms with van der Waals surface area (Å²) >= 11 is 0. The van der Waals surface area contributed by atoms with Crippen LogP contribution in [-0.2, 0) is 4.79 Å². The molecule has 14 heavy (non-hydrogen) atoms. The van der Waals surface area contributed by atoms with Crippen molar-refractivity contribution < 1.29 is 4.79 Å². The van der Waals surface area contributed by atoms with Crippen LogP contribution < -0.4 is 10.2 Å². The zero-order valence-corrected chi connectivity index (χ0v) is 7.74. The SMILES string of the molecule is CN1CC(=O)Nc2cc(C#N)ccc21. The number of fused-ring (bicyclic) bond motifs is 1. The average Bonchev–Trinajstić information content (AvgIpc) is 2.16. The van der Waals surface area contributed by atoms with Gasteiger partial charge < -0.3 is 10.2 Å². The molecule has 2 rings (SSSR count). The molecule has 0 saturated heterocycles. The van der Waals surface area contributed by atoms with Gasteiger partial charge in [-0.3, -0.25) is 4.79 Å². The van der Waals surface area contributed by atoms with Gasteiger partial charge in [-0.1, -0.05) is 0 Å². The number of amides is 1. The number of hydrogen-bond donors (Lipinski definition) is 1. The summed E-state index contributed by atoms with van der Waals surface area (Å²) in [4.78, 5) is 13.1. The van der Waals surface area contributed by atoms with E-state index in [4.69, 9.17) is 5.26 Å². The number of anilines is 2. The predicted molar refractivity (Wildman–Crippen MR) is 53.1 cm³/mol. The maximum absolute atomic E-state index is 11.2.